The summed E-state index contributed by atoms with van der Waals surface area (Å²) in [6.07, 6.45) is -0.812. The van der Waals surface area contributed by atoms with Gasteiger partial charge in [0.05, 0.1) is 5.02 Å². The Bertz CT molecular complexity index is 707. The summed E-state index contributed by atoms with van der Waals surface area (Å²) in [7, 11) is -2.09. The second-order valence-electron chi connectivity index (χ2n) is 8.97. The molecule has 1 aromatic carbocycles. The molecule has 1 amide bonds. The fraction of sp³-hybridized carbons (Fsp3) is 0.579. The van der Waals surface area contributed by atoms with E-state index in [2.05, 4.69) is 39.2 Å². The third-order valence-electron chi connectivity index (χ3n) is 4.37. The molecule has 1 aromatic rings. The molecular weight excluding hydrogens is 386 g/mol. The lowest BCUT2D eigenvalue weighted by molar-refractivity contribution is -0.139. The van der Waals surface area contributed by atoms with Crippen LogP contribution < -0.4 is 9.74 Å². The van der Waals surface area contributed by atoms with Gasteiger partial charge in [0.1, 0.15) is 11.4 Å². The van der Waals surface area contributed by atoms with Crippen molar-refractivity contribution in [2.24, 2.45) is 0 Å². The van der Waals surface area contributed by atoms with Crippen molar-refractivity contribution in [2.75, 3.05) is 0 Å². The van der Waals surface area contributed by atoms with Gasteiger partial charge in [-0.15, -0.1) is 0 Å². The van der Waals surface area contributed by atoms with E-state index < -0.39 is 32.0 Å². The minimum atomic E-state index is -2.09. The van der Waals surface area contributed by atoms with Crippen LogP contribution in [-0.4, -0.2) is 31.1 Å². The van der Waals surface area contributed by atoms with Crippen LogP contribution in [0.5, 0.6) is 5.75 Å². The lowest BCUT2D eigenvalue weighted by Crippen LogP contribution is -2.44. The number of carboxylic acids is 1. The quantitative estimate of drug-likeness (QED) is 0.631. The van der Waals surface area contributed by atoms with Crippen molar-refractivity contribution in [3.05, 3.63) is 28.8 Å². The Labute approximate surface area is 167 Å². The molecule has 6 nitrogen and oxygen atoms in total. The van der Waals surface area contributed by atoms with Crippen LogP contribution in [0.1, 0.15) is 53.1 Å². The smallest absolute Gasteiger partial charge is 0.408 e. The van der Waals surface area contributed by atoms with Crippen LogP contribution in [0.2, 0.25) is 23.2 Å². The third kappa shape index (κ3) is 6.73. The van der Waals surface area contributed by atoms with Gasteiger partial charge in [0, 0.05) is 0 Å². The van der Waals surface area contributed by atoms with E-state index in [9.17, 15) is 14.7 Å². The highest BCUT2D eigenvalue weighted by Crippen LogP contribution is 2.39. The van der Waals surface area contributed by atoms with Crippen molar-refractivity contribution in [1.82, 2.24) is 5.32 Å². The first kappa shape index (κ1) is 23.3. The van der Waals surface area contributed by atoms with Gasteiger partial charge in [0.25, 0.3) is 8.32 Å². The van der Waals surface area contributed by atoms with E-state index in [4.69, 9.17) is 20.8 Å². The molecule has 0 saturated carbocycles. The average molecular weight is 416 g/mol. The van der Waals surface area contributed by atoms with Crippen molar-refractivity contribution in [2.45, 2.75) is 71.3 Å². The van der Waals surface area contributed by atoms with Crippen LogP contribution in [0.15, 0.2) is 18.2 Å². The maximum atomic E-state index is 11.9. The molecule has 1 atom stereocenters. The number of ether oxygens (including phenoxy) is 1. The molecule has 0 bridgehead atoms. The number of nitrogens with one attached hydrogen (secondary N) is 1. The number of carbonyl (C=O) groups excluding carboxylic acids is 1. The summed E-state index contributed by atoms with van der Waals surface area (Å²) < 4.78 is 11.3. The van der Waals surface area contributed by atoms with Gasteiger partial charge >= 0.3 is 12.1 Å². The Morgan fingerprint density at radius 3 is 2.11 bits per heavy atom. The van der Waals surface area contributed by atoms with E-state index >= 15 is 0 Å². The molecule has 2 N–H and O–H groups in total. The molecule has 8 heteroatoms. The summed E-state index contributed by atoms with van der Waals surface area (Å²) in [5, 5.41) is 12.1. The Hall–Kier alpha value is -1.73. The summed E-state index contributed by atoms with van der Waals surface area (Å²) in [6, 6.07) is 3.45. The molecule has 1 rings (SSSR count). The topological polar surface area (TPSA) is 84.9 Å². The third-order valence-corrected chi connectivity index (χ3v) is 9.01. The van der Waals surface area contributed by atoms with Gasteiger partial charge in [-0.2, -0.15) is 0 Å². The molecule has 1 unspecified atom stereocenters. The number of hydrogen-bond donors (Lipinski definition) is 2. The molecule has 27 heavy (non-hydrogen) atoms. The molecule has 0 aromatic heterocycles. The van der Waals surface area contributed by atoms with Gasteiger partial charge in [-0.25, -0.2) is 9.59 Å². The molecule has 0 saturated heterocycles. The van der Waals surface area contributed by atoms with Crippen LogP contribution in [-0.2, 0) is 9.53 Å². The summed E-state index contributed by atoms with van der Waals surface area (Å²) in [6.45, 7) is 15.7. The van der Waals surface area contributed by atoms with Crippen LogP contribution in [0, 0.1) is 0 Å². The number of halogens is 1. The monoisotopic (exact) mass is 415 g/mol. The Balaban J connectivity index is 3.07. The Morgan fingerprint density at radius 1 is 1.15 bits per heavy atom. The molecule has 152 valence electrons. The van der Waals surface area contributed by atoms with Crippen LogP contribution >= 0.6 is 11.6 Å². The van der Waals surface area contributed by atoms with Crippen molar-refractivity contribution in [3.63, 3.8) is 0 Å². The number of alkyl carbamates (subject to hydrolysis) is 1. The van der Waals surface area contributed by atoms with Gasteiger partial charge < -0.3 is 19.6 Å². The molecular formula is C19H30ClNO5Si. The first-order valence-electron chi connectivity index (χ1n) is 8.74. The lowest BCUT2D eigenvalue weighted by Gasteiger charge is -2.36. The number of benzene rings is 1. The Morgan fingerprint density at radius 2 is 1.70 bits per heavy atom. The standard InChI is InChI=1S/C19H30ClNO5Si/c1-18(2,3)25-17(24)21-15(16(22)23)12-9-10-14(13(20)11-12)26-27(7,8)19(4,5)6/h9-11,15H,1-8H3,(H,21,24)(H,22,23). The molecule has 0 aliphatic rings. The highest BCUT2D eigenvalue weighted by atomic mass is 35.5. The first-order chi connectivity index (χ1) is 12.0. The van der Waals surface area contributed by atoms with E-state index in [1.807, 2.05) is 0 Å². The van der Waals surface area contributed by atoms with E-state index in [-0.39, 0.29) is 5.04 Å². The van der Waals surface area contributed by atoms with Gasteiger partial charge in [-0.1, -0.05) is 38.4 Å². The molecule has 0 heterocycles. The zero-order valence-corrected chi connectivity index (χ0v) is 19.0. The average Bonchev–Trinajstić information content (AvgIpc) is 2.43. The second-order valence-corrected chi connectivity index (χ2v) is 14.1. The largest absolute Gasteiger partial charge is 0.543 e. The zero-order chi connectivity index (χ0) is 21.2. The zero-order valence-electron chi connectivity index (χ0n) is 17.3. The van der Waals surface area contributed by atoms with Crippen LogP contribution in [0.3, 0.4) is 0 Å². The summed E-state index contributed by atoms with van der Waals surface area (Å²) in [5.74, 6) is -0.705. The van der Waals surface area contributed by atoms with Gasteiger partial charge in [-0.05, 0) is 56.6 Å². The predicted molar refractivity (Wildman–Crippen MR) is 109 cm³/mol. The van der Waals surface area contributed by atoms with Gasteiger partial charge in [0.2, 0.25) is 0 Å². The minimum Gasteiger partial charge on any atom is -0.543 e. The van der Waals surface area contributed by atoms with Crippen molar-refractivity contribution >= 4 is 32.0 Å². The maximum Gasteiger partial charge on any atom is 0.408 e. The number of carbonyl (C=O) groups is 2. The second kappa shape index (κ2) is 8.10. The van der Waals surface area contributed by atoms with E-state index in [1.165, 1.54) is 6.07 Å². The number of hydrogen-bond acceptors (Lipinski definition) is 4. The number of aliphatic carboxylic acids is 1. The van der Waals surface area contributed by atoms with Crippen molar-refractivity contribution in [3.8, 4) is 5.75 Å². The van der Waals surface area contributed by atoms with E-state index in [0.29, 0.717) is 16.3 Å². The molecule has 0 fully saturated rings. The van der Waals surface area contributed by atoms with Crippen LogP contribution in [0.25, 0.3) is 0 Å². The fourth-order valence-corrected chi connectivity index (χ4v) is 3.25. The highest BCUT2D eigenvalue weighted by Gasteiger charge is 2.39. The van der Waals surface area contributed by atoms with Crippen LogP contribution in [0.4, 0.5) is 4.79 Å². The number of amides is 1. The van der Waals surface area contributed by atoms with Gasteiger partial charge in [0.15, 0.2) is 6.04 Å². The van der Waals surface area contributed by atoms with Gasteiger partial charge in [-0.3, -0.25) is 0 Å². The fourth-order valence-electron chi connectivity index (χ4n) is 1.92. The van der Waals surface area contributed by atoms with E-state index in [1.54, 1.807) is 32.9 Å². The normalized spacial score (nSPS) is 13.7. The Kier molecular flexibility index (Phi) is 6.99. The number of rotatable bonds is 5. The molecule has 0 radical (unpaired) electrons. The molecule has 0 aliphatic carbocycles. The van der Waals surface area contributed by atoms with Crippen molar-refractivity contribution in [1.29, 1.82) is 0 Å². The summed E-state index contributed by atoms with van der Waals surface area (Å²) >= 11 is 6.34. The molecule has 0 aliphatic heterocycles. The molecule has 0 spiro atoms. The summed E-state index contributed by atoms with van der Waals surface area (Å²) in [4.78, 5) is 23.6. The predicted octanol–water partition coefficient (Wildman–Crippen LogP) is 5.37. The summed E-state index contributed by atoms with van der Waals surface area (Å²) in [5.41, 5.74) is -0.396. The minimum absolute atomic E-state index is 0.00311. The van der Waals surface area contributed by atoms with Crippen molar-refractivity contribution < 1.29 is 23.9 Å². The number of carboxylic acid groups (broad SMARTS) is 1. The van der Waals surface area contributed by atoms with E-state index in [0.717, 1.165) is 0 Å². The lowest BCUT2D eigenvalue weighted by atomic mass is 10.1. The maximum absolute atomic E-state index is 11.9. The first-order valence-corrected chi connectivity index (χ1v) is 12.0. The SMILES string of the molecule is CC(C)(C)OC(=O)NC(C(=O)O)c1ccc(O[Si](C)(C)C(C)(C)C)c(Cl)c1. The highest BCUT2D eigenvalue weighted by molar-refractivity contribution is 6.74.